The van der Waals surface area contributed by atoms with Gasteiger partial charge in [-0.15, -0.1) is 11.3 Å². The van der Waals surface area contributed by atoms with Gasteiger partial charge in [0.1, 0.15) is 5.82 Å². The molecule has 6 heteroatoms. The second-order valence-corrected chi connectivity index (χ2v) is 5.81. The number of hydrogen-bond acceptors (Lipinski definition) is 3. The van der Waals surface area contributed by atoms with Crippen molar-refractivity contribution in [3.63, 3.8) is 0 Å². The third-order valence-electron chi connectivity index (χ3n) is 3.21. The largest absolute Gasteiger partial charge is 0.335 e. The Bertz CT molecular complexity index is 575. The molecule has 2 N–H and O–H groups in total. The lowest BCUT2D eigenvalue weighted by atomic mass is 10.3. The molecule has 0 spiro atoms. The molecule has 2 heterocycles. The van der Waals surface area contributed by atoms with Crippen LogP contribution < -0.4 is 10.6 Å². The van der Waals surface area contributed by atoms with Crippen LogP contribution in [0.2, 0.25) is 0 Å². The van der Waals surface area contributed by atoms with Crippen LogP contribution >= 0.6 is 11.3 Å². The lowest BCUT2D eigenvalue weighted by molar-refractivity contribution is 0.248. The molecule has 0 saturated carbocycles. The van der Waals surface area contributed by atoms with E-state index in [-0.39, 0.29) is 12.1 Å². The summed E-state index contributed by atoms with van der Waals surface area (Å²) in [4.78, 5) is 13.1. The van der Waals surface area contributed by atoms with Crippen molar-refractivity contribution in [3.05, 3.63) is 34.2 Å². The van der Waals surface area contributed by atoms with Gasteiger partial charge in [0, 0.05) is 17.0 Å². The van der Waals surface area contributed by atoms with Crippen molar-refractivity contribution in [2.75, 3.05) is 5.32 Å². The average molecular weight is 292 g/mol. The third-order valence-corrected chi connectivity index (χ3v) is 4.22. The number of carbonyl (C=O) groups is 1. The molecule has 2 amide bonds. The van der Waals surface area contributed by atoms with Crippen molar-refractivity contribution >= 4 is 23.2 Å². The zero-order valence-corrected chi connectivity index (χ0v) is 12.8. The van der Waals surface area contributed by atoms with E-state index in [0.717, 1.165) is 6.42 Å². The zero-order valence-electron chi connectivity index (χ0n) is 12.0. The van der Waals surface area contributed by atoms with Gasteiger partial charge in [0.05, 0.1) is 12.7 Å². The van der Waals surface area contributed by atoms with Crippen LogP contribution in [0.3, 0.4) is 0 Å². The highest BCUT2D eigenvalue weighted by atomic mass is 32.1. The Morgan fingerprint density at radius 3 is 2.95 bits per heavy atom. The molecule has 0 aliphatic heterocycles. The van der Waals surface area contributed by atoms with Crippen molar-refractivity contribution in [3.8, 4) is 0 Å². The summed E-state index contributed by atoms with van der Waals surface area (Å²) in [5, 5.41) is 12.1. The van der Waals surface area contributed by atoms with Crippen molar-refractivity contribution in [1.29, 1.82) is 0 Å². The van der Waals surface area contributed by atoms with E-state index >= 15 is 0 Å². The van der Waals surface area contributed by atoms with E-state index in [4.69, 9.17) is 0 Å². The lowest BCUT2D eigenvalue weighted by Crippen LogP contribution is -2.36. The van der Waals surface area contributed by atoms with Crippen LogP contribution in [-0.2, 0) is 6.54 Å². The Labute approximate surface area is 123 Å². The van der Waals surface area contributed by atoms with Gasteiger partial charge in [-0.1, -0.05) is 6.92 Å². The first-order valence-electron chi connectivity index (χ1n) is 6.72. The fourth-order valence-electron chi connectivity index (χ4n) is 1.75. The van der Waals surface area contributed by atoms with Crippen molar-refractivity contribution in [1.82, 2.24) is 15.1 Å². The van der Waals surface area contributed by atoms with Crippen LogP contribution in [-0.4, -0.2) is 21.9 Å². The van der Waals surface area contributed by atoms with Gasteiger partial charge < -0.3 is 5.32 Å². The summed E-state index contributed by atoms with van der Waals surface area (Å²) < 4.78 is 1.80. The molecule has 0 bridgehead atoms. The second kappa shape index (κ2) is 6.56. The Morgan fingerprint density at radius 1 is 1.50 bits per heavy atom. The van der Waals surface area contributed by atoms with Crippen LogP contribution in [0.15, 0.2) is 23.7 Å². The number of thiophene rings is 1. The molecular weight excluding hydrogens is 272 g/mol. The fourth-order valence-corrected chi connectivity index (χ4v) is 2.63. The van der Waals surface area contributed by atoms with Crippen LogP contribution in [0.1, 0.15) is 30.7 Å². The van der Waals surface area contributed by atoms with Gasteiger partial charge in [0.15, 0.2) is 0 Å². The fraction of sp³-hybridized carbons (Fsp3) is 0.429. The first-order valence-corrected chi connectivity index (χ1v) is 7.60. The predicted octanol–water partition coefficient (Wildman–Crippen LogP) is 3.22. The minimum Gasteiger partial charge on any atom is -0.335 e. The van der Waals surface area contributed by atoms with Gasteiger partial charge in [-0.3, -0.25) is 5.32 Å². The van der Waals surface area contributed by atoms with E-state index in [9.17, 15) is 4.79 Å². The first kappa shape index (κ1) is 14.6. The zero-order chi connectivity index (χ0) is 14.5. The van der Waals surface area contributed by atoms with Gasteiger partial charge >= 0.3 is 6.03 Å². The molecule has 0 aliphatic rings. The predicted molar refractivity (Wildman–Crippen MR) is 82.3 cm³/mol. The molecule has 0 fully saturated rings. The molecule has 2 aromatic rings. The number of nitrogens with one attached hydrogen (secondary N) is 2. The monoisotopic (exact) mass is 292 g/mol. The average Bonchev–Trinajstić information content (AvgIpc) is 3.00. The lowest BCUT2D eigenvalue weighted by Gasteiger charge is -2.13. The molecule has 108 valence electrons. The van der Waals surface area contributed by atoms with Crippen molar-refractivity contribution < 1.29 is 4.79 Å². The number of nitrogens with zero attached hydrogens (tertiary/aromatic N) is 2. The van der Waals surface area contributed by atoms with E-state index in [1.807, 2.05) is 13.8 Å². The van der Waals surface area contributed by atoms with Crippen LogP contribution in [0.4, 0.5) is 10.6 Å². The number of anilines is 1. The van der Waals surface area contributed by atoms with Crippen LogP contribution in [0.5, 0.6) is 0 Å². The number of rotatable bonds is 5. The summed E-state index contributed by atoms with van der Waals surface area (Å²) in [6.45, 7) is 6.77. The minimum atomic E-state index is -0.191. The number of amides is 2. The van der Waals surface area contributed by atoms with Gasteiger partial charge in [0.2, 0.25) is 0 Å². The van der Waals surface area contributed by atoms with E-state index in [2.05, 4.69) is 34.1 Å². The highest BCUT2D eigenvalue weighted by Gasteiger charge is 2.10. The van der Waals surface area contributed by atoms with E-state index in [0.29, 0.717) is 12.4 Å². The van der Waals surface area contributed by atoms with E-state index in [1.165, 1.54) is 10.4 Å². The minimum absolute atomic E-state index is 0.158. The number of hydrogen-bond donors (Lipinski definition) is 2. The SMILES string of the molecule is CCC(C)NC(=O)Nc1ccnn1Cc1sccc1C. The highest BCUT2D eigenvalue weighted by Crippen LogP contribution is 2.18. The maximum absolute atomic E-state index is 11.8. The quantitative estimate of drug-likeness (QED) is 0.889. The van der Waals surface area contributed by atoms with Crippen LogP contribution in [0.25, 0.3) is 0 Å². The summed E-state index contributed by atoms with van der Waals surface area (Å²) in [6, 6.07) is 3.86. The number of urea groups is 1. The van der Waals surface area contributed by atoms with Crippen LogP contribution in [0, 0.1) is 6.92 Å². The van der Waals surface area contributed by atoms with Gasteiger partial charge in [-0.05, 0) is 37.3 Å². The molecule has 5 nitrogen and oxygen atoms in total. The molecular formula is C14H20N4OS. The van der Waals surface area contributed by atoms with Crippen molar-refractivity contribution in [2.45, 2.75) is 39.8 Å². The number of aromatic nitrogens is 2. The molecule has 2 rings (SSSR count). The van der Waals surface area contributed by atoms with Gasteiger partial charge in [-0.2, -0.15) is 5.10 Å². The molecule has 0 aliphatic carbocycles. The maximum Gasteiger partial charge on any atom is 0.320 e. The maximum atomic E-state index is 11.8. The van der Waals surface area contributed by atoms with Crippen molar-refractivity contribution in [2.24, 2.45) is 0 Å². The van der Waals surface area contributed by atoms with E-state index < -0.39 is 0 Å². The molecule has 0 radical (unpaired) electrons. The van der Waals surface area contributed by atoms with Gasteiger partial charge in [0.25, 0.3) is 0 Å². The summed E-state index contributed by atoms with van der Waals surface area (Å²) in [5.41, 5.74) is 1.25. The van der Waals surface area contributed by atoms with Gasteiger partial charge in [-0.25, -0.2) is 9.48 Å². The molecule has 1 atom stereocenters. The number of aryl methyl sites for hydroxylation is 1. The smallest absolute Gasteiger partial charge is 0.320 e. The summed E-state index contributed by atoms with van der Waals surface area (Å²) >= 11 is 1.70. The first-order chi connectivity index (χ1) is 9.60. The Balaban J connectivity index is 2.02. The Morgan fingerprint density at radius 2 is 2.30 bits per heavy atom. The topological polar surface area (TPSA) is 59.0 Å². The Kier molecular flexibility index (Phi) is 4.79. The third kappa shape index (κ3) is 3.60. The molecule has 2 aromatic heterocycles. The standard InChI is InChI=1S/C14H20N4OS/c1-4-11(3)16-14(19)17-13-5-7-15-18(13)9-12-10(2)6-8-20-12/h5-8,11H,4,9H2,1-3H3,(H2,16,17,19). The Hall–Kier alpha value is -1.82. The molecule has 1 unspecified atom stereocenters. The summed E-state index contributed by atoms with van der Waals surface area (Å²) in [6.07, 6.45) is 2.60. The second-order valence-electron chi connectivity index (χ2n) is 4.81. The number of carbonyl (C=O) groups excluding carboxylic acids is 1. The normalized spacial score (nSPS) is 12.2. The summed E-state index contributed by atoms with van der Waals surface area (Å²) in [7, 11) is 0. The highest BCUT2D eigenvalue weighted by molar-refractivity contribution is 7.10. The summed E-state index contributed by atoms with van der Waals surface area (Å²) in [5.74, 6) is 0.707. The molecule has 20 heavy (non-hydrogen) atoms. The molecule has 0 saturated heterocycles. The molecule has 0 aromatic carbocycles. The van der Waals surface area contributed by atoms with E-state index in [1.54, 1.807) is 28.3 Å².